The maximum atomic E-state index is 12.8. The average Bonchev–Trinajstić information content (AvgIpc) is 3.37. The molecule has 6 aromatic rings. The van der Waals surface area contributed by atoms with Crippen LogP contribution in [0.3, 0.4) is 0 Å². The molecular formula is C32H20F3NO. The first-order valence-electron chi connectivity index (χ1n) is 11.8. The predicted molar refractivity (Wildman–Crippen MR) is 141 cm³/mol. The van der Waals surface area contributed by atoms with Crippen molar-refractivity contribution in [1.29, 1.82) is 0 Å². The Bertz CT molecular complexity index is 1650. The van der Waals surface area contributed by atoms with Crippen molar-refractivity contribution < 1.29 is 17.6 Å². The number of fused-ring (bicyclic) bond motifs is 1. The smallest absolute Gasteiger partial charge is 0.416 e. The minimum Gasteiger partial charge on any atom is -0.436 e. The average molecular weight is 492 g/mol. The summed E-state index contributed by atoms with van der Waals surface area (Å²) in [5, 5.41) is 0. The van der Waals surface area contributed by atoms with E-state index in [1.54, 1.807) is 0 Å². The van der Waals surface area contributed by atoms with Gasteiger partial charge in [0.15, 0.2) is 5.58 Å². The van der Waals surface area contributed by atoms with Gasteiger partial charge in [-0.1, -0.05) is 78.9 Å². The molecule has 5 aromatic carbocycles. The lowest BCUT2D eigenvalue weighted by Crippen LogP contribution is -2.03. The number of aromatic nitrogens is 1. The van der Waals surface area contributed by atoms with Crippen LogP contribution in [0.15, 0.2) is 126 Å². The quantitative estimate of drug-likeness (QED) is 0.245. The molecule has 37 heavy (non-hydrogen) atoms. The summed E-state index contributed by atoms with van der Waals surface area (Å²) < 4.78 is 44.4. The molecular weight excluding hydrogens is 471 g/mol. The molecule has 1 heterocycles. The topological polar surface area (TPSA) is 26.0 Å². The van der Waals surface area contributed by atoms with Crippen LogP contribution < -0.4 is 0 Å². The molecule has 0 unspecified atom stereocenters. The molecule has 0 aliphatic heterocycles. The normalized spacial score (nSPS) is 11.6. The fourth-order valence-corrected chi connectivity index (χ4v) is 4.39. The zero-order valence-electron chi connectivity index (χ0n) is 19.5. The second-order valence-electron chi connectivity index (χ2n) is 8.80. The molecule has 0 atom stereocenters. The molecule has 180 valence electrons. The van der Waals surface area contributed by atoms with E-state index in [1.165, 1.54) is 12.1 Å². The van der Waals surface area contributed by atoms with Crippen molar-refractivity contribution in [3.05, 3.63) is 127 Å². The summed E-state index contributed by atoms with van der Waals surface area (Å²) >= 11 is 0. The number of hydrogen-bond acceptors (Lipinski definition) is 2. The Hall–Kier alpha value is -4.64. The Morgan fingerprint density at radius 3 is 1.51 bits per heavy atom. The van der Waals surface area contributed by atoms with Crippen molar-refractivity contribution in [1.82, 2.24) is 4.98 Å². The highest BCUT2D eigenvalue weighted by Gasteiger charge is 2.29. The molecule has 0 fully saturated rings. The molecule has 0 N–H and O–H groups in total. The number of benzene rings is 5. The summed E-state index contributed by atoms with van der Waals surface area (Å²) in [6.45, 7) is 0. The summed E-state index contributed by atoms with van der Waals surface area (Å²) in [7, 11) is 0. The first-order chi connectivity index (χ1) is 17.9. The van der Waals surface area contributed by atoms with Crippen LogP contribution in [-0.4, -0.2) is 4.98 Å². The van der Waals surface area contributed by atoms with Gasteiger partial charge in [0.25, 0.3) is 0 Å². The second kappa shape index (κ2) is 9.10. The van der Waals surface area contributed by atoms with E-state index < -0.39 is 11.7 Å². The van der Waals surface area contributed by atoms with Crippen molar-refractivity contribution in [2.45, 2.75) is 6.18 Å². The standard InChI is InChI=1S/C32H20F3NO/c33-32(34,35)28-18-16-22(17-19-28)21-8-10-23(11-9-21)26-4-3-5-27(20-26)24-12-14-25(15-13-24)31-36-29-6-1-2-7-30(29)37-31/h1-20H. The molecule has 2 nitrogen and oxygen atoms in total. The molecule has 5 heteroatoms. The van der Waals surface area contributed by atoms with Gasteiger partial charge >= 0.3 is 6.18 Å². The number of rotatable bonds is 4. The van der Waals surface area contributed by atoms with E-state index in [0.717, 1.165) is 62.2 Å². The molecule has 0 amide bonds. The minimum absolute atomic E-state index is 0.592. The van der Waals surface area contributed by atoms with E-state index in [2.05, 4.69) is 29.2 Å². The van der Waals surface area contributed by atoms with Crippen molar-refractivity contribution in [3.8, 4) is 44.8 Å². The number of para-hydroxylation sites is 2. The van der Waals surface area contributed by atoms with Crippen LogP contribution >= 0.6 is 0 Å². The third-order valence-electron chi connectivity index (χ3n) is 6.39. The van der Waals surface area contributed by atoms with Crippen molar-refractivity contribution in [3.63, 3.8) is 0 Å². The lowest BCUT2D eigenvalue weighted by molar-refractivity contribution is -0.137. The Balaban J connectivity index is 1.23. The first kappa shape index (κ1) is 22.8. The van der Waals surface area contributed by atoms with Gasteiger partial charge in [0.1, 0.15) is 5.52 Å². The molecule has 0 aliphatic rings. The second-order valence-corrected chi connectivity index (χ2v) is 8.80. The largest absolute Gasteiger partial charge is 0.436 e. The van der Waals surface area contributed by atoms with Crippen LogP contribution in [0.1, 0.15) is 5.56 Å². The summed E-state index contributed by atoms with van der Waals surface area (Å²) in [6, 6.07) is 37.1. The molecule has 1 aromatic heterocycles. The molecule has 0 radical (unpaired) electrons. The van der Waals surface area contributed by atoms with Gasteiger partial charge in [-0.25, -0.2) is 4.98 Å². The number of oxazole rings is 1. The number of alkyl halides is 3. The summed E-state index contributed by atoms with van der Waals surface area (Å²) in [6.07, 6.45) is -4.34. The highest BCUT2D eigenvalue weighted by atomic mass is 19.4. The van der Waals surface area contributed by atoms with Crippen LogP contribution in [0.2, 0.25) is 0 Å². The highest BCUT2D eigenvalue weighted by molar-refractivity contribution is 5.78. The maximum Gasteiger partial charge on any atom is 0.416 e. The van der Waals surface area contributed by atoms with Gasteiger partial charge in [-0.05, 0) is 75.8 Å². The SMILES string of the molecule is FC(F)(F)c1ccc(-c2ccc(-c3cccc(-c4ccc(-c5nc6ccccc6o5)cc4)c3)cc2)cc1. The Morgan fingerprint density at radius 2 is 0.973 bits per heavy atom. The fourth-order valence-electron chi connectivity index (χ4n) is 4.39. The lowest BCUT2D eigenvalue weighted by Gasteiger charge is -2.09. The summed E-state index contributed by atoms with van der Waals surface area (Å²) in [5.74, 6) is 0.592. The van der Waals surface area contributed by atoms with Crippen molar-refractivity contribution in [2.24, 2.45) is 0 Å². The van der Waals surface area contributed by atoms with E-state index in [9.17, 15) is 13.2 Å². The Morgan fingerprint density at radius 1 is 0.486 bits per heavy atom. The van der Waals surface area contributed by atoms with E-state index in [0.29, 0.717) is 5.89 Å². The van der Waals surface area contributed by atoms with E-state index in [1.807, 2.05) is 72.8 Å². The predicted octanol–water partition coefficient (Wildman–Crippen LogP) is 9.51. The zero-order valence-corrected chi connectivity index (χ0v) is 19.5. The Labute approximate surface area is 211 Å². The van der Waals surface area contributed by atoms with Gasteiger partial charge < -0.3 is 4.42 Å². The summed E-state index contributed by atoms with van der Waals surface area (Å²) in [5.41, 5.74) is 7.70. The van der Waals surface area contributed by atoms with Crippen LogP contribution in [0, 0.1) is 0 Å². The fraction of sp³-hybridized carbons (Fsp3) is 0.0312. The van der Waals surface area contributed by atoms with Crippen molar-refractivity contribution in [2.75, 3.05) is 0 Å². The minimum atomic E-state index is -4.34. The van der Waals surface area contributed by atoms with Gasteiger partial charge in [-0.3, -0.25) is 0 Å². The number of nitrogens with zero attached hydrogens (tertiary/aromatic N) is 1. The highest BCUT2D eigenvalue weighted by Crippen LogP contribution is 2.33. The van der Waals surface area contributed by atoms with Crippen LogP contribution in [0.5, 0.6) is 0 Å². The molecule has 0 aliphatic carbocycles. The third-order valence-corrected chi connectivity index (χ3v) is 6.39. The van der Waals surface area contributed by atoms with Gasteiger partial charge in [0, 0.05) is 5.56 Å². The first-order valence-corrected chi connectivity index (χ1v) is 11.8. The van der Waals surface area contributed by atoms with Gasteiger partial charge in [0.05, 0.1) is 5.56 Å². The van der Waals surface area contributed by atoms with Gasteiger partial charge in [0.2, 0.25) is 5.89 Å². The lowest BCUT2D eigenvalue weighted by atomic mass is 9.96. The summed E-state index contributed by atoms with van der Waals surface area (Å²) in [4.78, 5) is 4.57. The van der Waals surface area contributed by atoms with E-state index in [4.69, 9.17) is 4.42 Å². The zero-order chi connectivity index (χ0) is 25.4. The van der Waals surface area contributed by atoms with E-state index >= 15 is 0 Å². The van der Waals surface area contributed by atoms with Crippen LogP contribution in [-0.2, 0) is 6.18 Å². The Kier molecular flexibility index (Phi) is 5.61. The van der Waals surface area contributed by atoms with Crippen LogP contribution in [0.25, 0.3) is 55.9 Å². The maximum absolute atomic E-state index is 12.8. The molecule has 0 spiro atoms. The monoisotopic (exact) mass is 491 g/mol. The van der Waals surface area contributed by atoms with Crippen LogP contribution in [0.4, 0.5) is 13.2 Å². The van der Waals surface area contributed by atoms with Gasteiger partial charge in [-0.2, -0.15) is 13.2 Å². The third kappa shape index (κ3) is 4.64. The molecule has 0 saturated carbocycles. The number of halogens is 3. The molecule has 0 saturated heterocycles. The van der Waals surface area contributed by atoms with Crippen molar-refractivity contribution >= 4 is 11.1 Å². The molecule has 0 bridgehead atoms. The molecule has 6 rings (SSSR count). The number of hydrogen-bond donors (Lipinski definition) is 0. The van der Waals surface area contributed by atoms with E-state index in [-0.39, 0.29) is 0 Å². The van der Waals surface area contributed by atoms with Gasteiger partial charge in [-0.15, -0.1) is 0 Å².